The average Bonchev–Trinajstić information content (AvgIpc) is 3.55. The molecule has 0 saturated carbocycles. The molecule has 4 aromatic carbocycles. The molecule has 0 aliphatic carbocycles. The van der Waals surface area contributed by atoms with E-state index in [1.54, 1.807) is 19.1 Å². The molecular formula is C46H59NO10. The van der Waals surface area contributed by atoms with Gasteiger partial charge in [-0.15, -0.1) is 0 Å². The molecule has 0 N–H and O–H groups in total. The molecular weight excluding hydrogens is 727 g/mol. The second-order valence-corrected chi connectivity index (χ2v) is 16.2. The number of piperidine rings is 1. The van der Waals surface area contributed by atoms with Gasteiger partial charge in [-0.3, -0.25) is 0 Å². The Bertz CT molecular complexity index is 1890. The highest BCUT2D eigenvalue weighted by Gasteiger charge is 2.42. The quantitative estimate of drug-likeness (QED) is 0.0968. The highest BCUT2D eigenvalue weighted by Crippen LogP contribution is 2.38. The van der Waals surface area contributed by atoms with Crippen molar-refractivity contribution in [2.24, 2.45) is 5.92 Å². The van der Waals surface area contributed by atoms with Crippen molar-refractivity contribution in [3.8, 4) is 17.2 Å². The number of rotatable bonds is 17. The van der Waals surface area contributed by atoms with Crippen LogP contribution in [0.4, 0.5) is 4.79 Å². The van der Waals surface area contributed by atoms with E-state index in [9.17, 15) is 4.79 Å². The first-order chi connectivity index (χ1) is 27.4. The third kappa shape index (κ3) is 11.8. The van der Waals surface area contributed by atoms with Gasteiger partial charge in [-0.2, -0.15) is 0 Å². The van der Waals surface area contributed by atoms with Crippen molar-refractivity contribution in [3.63, 3.8) is 0 Å². The van der Waals surface area contributed by atoms with E-state index < -0.39 is 11.4 Å². The second-order valence-electron chi connectivity index (χ2n) is 16.2. The number of amides is 1. The number of carbonyl (C=O) groups is 1. The molecule has 11 heteroatoms. The van der Waals surface area contributed by atoms with Gasteiger partial charge in [0.2, 0.25) is 0 Å². The van der Waals surface area contributed by atoms with E-state index in [0.29, 0.717) is 59.3 Å². The van der Waals surface area contributed by atoms with E-state index in [2.05, 4.69) is 24.3 Å². The van der Waals surface area contributed by atoms with Crippen molar-refractivity contribution >= 4 is 16.9 Å². The van der Waals surface area contributed by atoms with Gasteiger partial charge in [0.15, 0.2) is 5.79 Å². The van der Waals surface area contributed by atoms with Crippen LogP contribution >= 0.6 is 0 Å². The first-order valence-electron chi connectivity index (χ1n) is 19.9. The van der Waals surface area contributed by atoms with Crippen LogP contribution in [0.15, 0.2) is 84.9 Å². The van der Waals surface area contributed by atoms with Gasteiger partial charge in [-0.05, 0) is 81.5 Å². The lowest BCUT2D eigenvalue weighted by Crippen LogP contribution is -2.53. The Balaban J connectivity index is 1.18. The second kappa shape index (κ2) is 19.4. The Kier molecular flexibility index (Phi) is 14.3. The van der Waals surface area contributed by atoms with Crippen LogP contribution in [0.2, 0.25) is 0 Å². The molecule has 308 valence electrons. The molecule has 2 aliphatic rings. The summed E-state index contributed by atoms with van der Waals surface area (Å²) >= 11 is 0. The molecule has 0 spiro atoms. The number of hydrogen-bond acceptors (Lipinski definition) is 10. The van der Waals surface area contributed by atoms with Gasteiger partial charge in [0, 0.05) is 35.8 Å². The Labute approximate surface area is 337 Å². The predicted molar refractivity (Wildman–Crippen MR) is 218 cm³/mol. The molecule has 11 nitrogen and oxygen atoms in total. The van der Waals surface area contributed by atoms with E-state index in [0.717, 1.165) is 51.1 Å². The van der Waals surface area contributed by atoms with Crippen molar-refractivity contribution in [1.29, 1.82) is 0 Å². The van der Waals surface area contributed by atoms with E-state index in [-0.39, 0.29) is 30.1 Å². The molecule has 0 bridgehead atoms. The fraction of sp³-hybridized carbons (Fsp3) is 0.500. The average molecular weight is 786 g/mol. The zero-order valence-corrected chi connectivity index (χ0v) is 34.5. The Morgan fingerprint density at radius 2 is 1.60 bits per heavy atom. The lowest BCUT2D eigenvalue weighted by atomic mass is 9.78. The normalized spacial score (nSPS) is 20.7. The summed E-state index contributed by atoms with van der Waals surface area (Å²) in [4.78, 5) is 15.4. The summed E-state index contributed by atoms with van der Waals surface area (Å²) in [6, 6.07) is 28.3. The third-order valence-electron chi connectivity index (χ3n) is 10.1. The molecule has 57 heavy (non-hydrogen) atoms. The predicted octanol–water partition coefficient (Wildman–Crippen LogP) is 8.55. The number of likely N-dealkylation sites (tertiary alicyclic amines) is 1. The number of benzene rings is 4. The summed E-state index contributed by atoms with van der Waals surface area (Å²) in [5, 5.41) is 2.10. The number of methoxy groups -OCH3 is 2. The minimum absolute atomic E-state index is 0.111. The van der Waals surface area contributed by atoms with E-state index in [1.165, 1.54) is 0 Å². The van der Waals surface area contributed by atoms with Crippen LogP contribution in [-0.2, 0) is 41.6 Å². The molecule has 0 radical (unpaired) electrons. The van der Waals surface area contributed by atoms with E-state index in [4.69, 9.17) is 42.6 Å². The molecule has 2 heterocycles. The molecule has 2 aliphatic heterocycles. The number of carbonyl (C=O) groups excluding carboxylic acids is 1. The molecule has 0 aromatic heterocycles. The SMILES string of the molecule is COc1ccccc1COCCCOc1ccc([C@H]2[C@H](COCC3COC(C)(C)O3)CN(C(=O)OC(C)(C)C)C[C@@H]2OCc2cc(OC)c3ccccc3c2)cc1. The van der Waals surface area contributed by atoms with Crippen molar-refractivity contribution in [3.05, 3.63) is 102 Å². The summed E-state index contributed by atoms with van der Waals surface area (Å²) in [7, 11) is 3.35. The largest absolute Gasteiger partial charge is 0.496 e. The van der Waals surface area contributed by atoms with Gasteiger partial charge < -0.3 is 47.5 Å². The lowest BCUT2D eigenvalue weighted by molar-refractivity contribution is -0.146. The molecule has 4 aromatic rings. The van der Waals surface area contributed by atoms with Crippen LogP contribution in [0.3, 0.4) is 0 Å². The summed E-state index contributed by atoms with van der Waals surface area (Å²) < 4.78 is 54.1. The third-order valence-corrected chi connectivity index (χ3v) is 10.1. The first-order valence-corrected chi connectivity index (χ1v) is 19.9. The lowest BCUT2D eigenvalue weighted by Gasteiger charge is -2.44. The molecule has 4 atom stereocenters. The molecule has 6 rings (SSSR count). The van der Waals surface area contributed by atoms with Crippen LogP contribution in [-0.4, -0.2) is 94.9 Å². The number of fused-ring (bicyclic) bond motifs is 1. The number of para-hydroxylation sites is 1. The maximum absolute atomic E-state index is 13.6. The van der Waals surface area contributed by atoms with Crippen LogP contribution in [0, 0.1) is 5.92 Å². The Morgan fingerprint density at radius 3 is 2.33 bits per heavy atom. The fourth-order valence-electron chi connectivity index (χ4n) is 7.51. The fourth-order valence-corrected chi connectivity index (χ4v) is 7.51. The topological polar surface area (TPSA) is 103 Å². The molecule has 1 unspecified atom stereocenters. The van der Waals surface area contributed by atoms with Crippen LogP contribution in [0.25, 0.3) is 10.8 Å². The summed E-state index contributed by atoms with van der Waals surface area (Å²) in [6.45, 7) is 13.3. The van der Waals surface area contributed by atoms with Crippen LogP contribution in [0.5, 0.6) is 17.2 Å². The van der Waals surface area contributed by atoms with Crippen molar-refractivity contribution < 1.29 is 47.4 Å². The zero-order chi connectivity index (χ0) is 40.4. The van der Waals surface area contributed by atoms with Gasteiger partial charge in [0.1, 0.15) is 29.0 Å². The Morgan fingerprint density at radius 1 is 0.842 bits per heavy atom. The van der Waals surface area contributed by atoms with Gasteiger partial charge in [-0.1, -0.05) is 54.6 Å². The summed E-state index contributed by atoms with van der Waals surface area (Å²) in [6.07, 6.45) is -0.199. The zero-order valence-electron chi connectivity index (χ0n) is 34.5. The van der Waals surface area contributed by atoms with Crippen LogP contribution < -0.4 is 14.2 Å². The van der Waals surface area contributed by atoms with Crippen molar-refractivity contribution in [1.82, 2.24) is 4.90 Å². The summed E-state index contributed by atoms with van der Waals surface area (Å²) in [5.41, 5.74) is 2.41. The number of hydrogen-bond donors (Lipinski definition) is 0. The van der Waals surface area contributed by atoms with E-state index >= 15 is 0 Å². The highest BCUT2D eigenvalue weighted by molar-refractivity contribution is 5.89. The Hall–Kier alpha value is -4.39. The monoisotopic (exact) mass is 785 g/mol. The van der Waals surface area contributed by atoms with Gasteiger partial charge in [0.05, 0.1) is 73.1 Å². The van der Waals surface area contributed by atoms with E-state index in [1.807, 2.05) is 95.3 Å². The first kappa shape index (κ1) is 42.2. The molecule has 2 saturated heterocycles. The minimum atomic E-state index is -0.651. The standard InChI is InChI=1S/C46H59NO10/c1-45(2,3)57-44(48)47-25-36(29-52-30-38-31-55-46(4,5)56-38)43(42(26-47)54-27-32-23-34-13-8-10-15-39(34)41(24-32)50-7)33-17-19-37(20-18-33)53-22-12-21-51-28-35-14-9-11-16-40(35)49-6/h8-11,13-20,23-24,36,38,42-43H,12,21-22,25-31H2,1-7H3/t36-,38?,42-,43-/m0/s1. The van der Waals surface area contributed by atoms with Gasteiger partial charge in [-0.25, -0.2) is 4.79 Å². The number of nitrogens with zero attached hydrogens (tertiary/aromatic N) is 1. The molecule has 2 fully saturated rings. The van der Waals surface area contributed by atoms with Crippen LogP contribution in [0.1, 0.15) is 63.6 Å². The van der Waals surface area contributed by atoms with Gasteiger partial charge in [0.25, 0.3) is 0 Å². The van der Waals surface area contributed by atoms with Crippen molar-refractivity contribution in [2.45, 2.75) is 83.8 Å². The summed E-state index contributed by atoms with van der Waals surface area (Å²) in [5.74, 6) is 1.50. The highest BCUT2D eigenvalue weighted by atomic mass is 16.7. The maximum Gasteiger partial charge on any atom is 0.410 e. The number of ether oxygens (including phenoxy) is 9. The molecule has 1 amide bonds. The minimum Gasteiger partial charge on any atom is -0.496 e. The van der Waals surface area contributed by atoms with Gasteiger partial charge >= 0.3 is 6.09 Å². The van der Waals surface area contributed by atoms with Crippen molar-refractivity contribution in [2.75, 3.05) is 60.3 Å². The smallest absolute Gasteiger partial charge is 0.410 e. The maximum atomic E-state index is 13.6.